The molecule has 0 amide bonds. The Labute approximate surface area is 162 Å². The highest BCUT2D eigenvalue weighted by Gasteiger charge is 2.41. The highest BCUT2D eigenvalue weighted by atomic mass is 35.5. The molecule has 1 heterocycles. The van der Waals surface area contributed by atoms with Crippen molar-refractivity contribution in [2.75, 3.05) is 0 Å². The van der Waals surface area contributed by atoms with Crippen molar-refractivity contribution in [3.63, 3.8) is 0 Å². The summed E-state index contributed by atoms with van der Waals surface area (Å²) in [6.45, 7) is 1.25. The summed E-state index contributed by atoms with van der Waals surface area (Å²) in [4.78, 5) is 12.0. The molecule has 1 N–H and O–H groups in total. The van der Waals surface area contributed by atoms with Gasteiger partial charge in [0, 0.05) is 21.3 Å². The molecule has 27 heavy (non-hydrogen) atoms. The van der Waals surface area contributed by atoms with E-state index in [1.165, 1.54) is 55.5 Å². The van der Waals surface area contributed by atoms with Gasteiger partial charge in [-0.25, -0.2) is 4.79 Å². The number of alkyl halides is 3. The number of hydrogen-bond acceptors (Lipinski definition) is 1. The monoisotopic (exact) mass is 413 g/mol. The molecule has 0 aliphatic carbocycles. The van der Waals surface area contributed by atoms with Crippen LogP contribution in [0.1, 0.15) is 21.7 Å². The zero-order valence-corrected chi connectivity index (χ0v) is 15.3. The number of carboxylic acid groups (broad SMARTS) is 1. The van der Waals surface area contributed by atoms with Crippen LogP contribution in [-0.2, 0) is 6.18 Å². The molecule has 0 atom stereocenters. The molecule has 0 unspecified atom stereocenters. The Kier molecular flexibility index (Phi) is 4.97. The van der Waals surface area contributed by atoms with Crippen molar-refractivity contribution in [3.05, 3.63) is 75.5 Å². The Hall–Kier alpha value is -2.44. The molecule has 0 aliphatic rings. The van der Waals surface area contributed by atoms with Gasteiger partial charge in [-0.05, 0) is 48.4 Å². The lowest BCUT2D eigenvalue weighted by Gasteiger charge is -2.15. The molecule has 1 aromatic heterocycles. The van der Waals surface area contributed by atoms with E-state index >= 15 is 0 Å². The molecule has 0 radical (unpaired) electrons. The van der Waals surface area contributed by atoms with E-state index in [9.17, 15) is 23.1 Å². The van der Waals surface area contributed by atoms with Gasteiger partial charge in [-0.2, -0.15) is 13.2 Å². The van der Waals surface area contributed by atoms with Crippen molar-refractivity contribution >= 4 is 29.2 Å². The zero-order chi connectivity index (χ0) is 19.9. The first-order valence-electron chi connectivity index (χ1n) is 7.69. The van der Waals surface area contributed by atoms with E-state index in [1.54, 1.807) is 0 Å². The molecule has 0 aliphatic heterocycles. The van der Waals surface area contributed by atoms with Gasteiger partial charge >= 0.3 is 12.1 Å². The number of carboxylic acids is 1. The normalized spacial score (nSPS) is 11.6. The van der Waals surface area contributed by atoms with Gasteiger partial charge in [0.25, 0.3) is 0 Å². The minimum atomic E-state index is -4.78. The maximum atomic E-state index is 13.9. The number of nitrogens with zero attached hydrogens (tertiary/aromatic N) is 1. The van der Waals surface area contributed by atoms with Crippen molar-refractivity contribution in [1.82, 2.24) is 4.57 Å². The average Bonchev–Trinajstić information content (AvgIpc) is 2.89. The highest BCUT2D eigenvalue weighted by Crippen LogP contribution is 2.42. The van der Waals surface area contributed by atoms with Crippen LogP contribution in [0.25, 0.3) is 16.8 Å². The summed E-state index contributed by atoms with van der Waals surface area (Å²) >= 11 is 11.8. The second kappa shape index (κ2) is 6.94. The summed E-state index contributed by atoms with van der Waals surface area (Å²) in [5.41, 5.74) is -1.44. The largest absolute Gasteiger partial charge is 0.477 e. The van der Waals surface area contributed by atoms with E-state index in [1.807, 2.05) is 0 Å². The van der Waals surface area contributed by atoms with Crippen LogP contribution in [0.2, 0.25) is 10.0 Å². The molecule has 0 saturated carbocycles. The van der Waals surface area contributed by atoms with Gasteiger partial charge in [0.2, 0.25) is 0 Å². The summed E-state index contributed by atoms with van der Waals surface area (Å²) in [7, 11) is 0. The Bertz CT molecular complexity index is 1020. The number of aromatic nitrogens is 1. The van der Waals surface area contributed by atoms with E-state index in [0.717, 1.165) is 0 Å². The molecule has 3 nitrogen and oxygen atoms in total. The maximum Gasteiger partial charge on any atom is 0.432 e. The van der Waals surface area contributed by atoms with Crippen LogP contribution in [-0.4, -0.2) is 15.6 Å². The fraction of sp³-hybridized carbons (Fsp3) is 0.105. The average molecular weight is 414 g/mol. The standard InChI is InChI=1S/C19H12Cl2F3NO2/c1-10-15(11-5-7-12(20)8-6-11)16(18(26)27)25(17(10)19(22,23)24)14-4-2-3-13(21)9-14/h2-9H,1H3,(H,26,27). The first kappa shape index (κ1) is 19.3. The molecular formula is C19H12Cl2F3NO2. The van der Waals surface area contributed by atoms with E-state index in [0.29, 0.717) is 15.2 Å². The third-order valence-electron chi connectivity index (χ3n) is 4.08. The fourth-order valence-corrected chi connectivity index (χ4v) is 3.38. The second-order valence-electron chi connectivity index (χ2n) is 5.82. The number of benzene rings is 2. The first-order chi connectivity index (χ1) is 12.6. The Balaban J connectivity index is 2.46. The minimum absolute atomic E-state index is 0.00976. The van der Waals surface area contributed by atoms with Gasteiger partial charge in [0.1, 0.15) is 11.4 Å². The van der Waals surface area contributed by atoms with E-state index in [-0.39, 0.29) is 21.8 Å². The van der Waals surface area contributed by atoms with E-state index in [4.69, 9.17) is 23.2 Å². The van der Waals surface area contributed by atoms with Gasteiger partial charge in [0.15, 0.2) is 0 Å². The number of hydrogen-bond donors (Lipinski definition) is 1. The third-order valence-corrected chi connectivity index (χ3v) is 4.57. The van der Waals surface area contributed by atoms with Crippen molar-refractivity contribution in [2.24, 2.45) is 0 Å². The summed E-state index contributed by atoms with van der Waals surface area (Å²) in [5.74, 6) is -1.49. The highest BCUT2D eigenvalue weighted by molar-refractivity contribution is 6.31. The quantitative estimate of drug-likeness (QED) is 0.533. The predicted molar refractivity (Wildman–Crippen MR) is 97.9 cm³/mol. The van der Waals surface area contributed by atoms with Gasteiger partial charge in [0.05, 0.1) is 0 Å². The first-order valence-corrected chi connectivity index (χ1v) is 8.44. The number of carbonyl (C=O) groups is 1. The van der Waals surface area contributed by atoms with Gasteiger partial charge in [-0.15, -0.1) is 0 Å². The Morgan fingerprint density at radius 2 is 1.67 bits per heavy atom. The van der Waals surface area contributed by atoms with Crippen LogP contribution in [0.4, 0.5) is 13.2 Å². The summed E-state index contributed by atoms with van der Waals surface area (Å²) in [6.07, 6.45) is -4.78. The van der Waals surface area contributed by atoms with Crippen LogP contribution in [0.15, 0.2) is 48.5 Å². The van der Waals surface area contributed by atoms with Gasteiger partial charge in [-0.3, -0.25) is 4.57 Å². The van der Waals surface area contributed by atoms with E-state index in [2.05, 4.69) is 0 Å². The lowest BCUT2D eigenvalue weighted by Crippen LogP contribution is -2.17. The zero-order valence-electron chi connectivity index (χ0n) is 13.8. The lowest BCUT2D eigenvalue weighted by molar-refractivity contribution is -0.142. The summed E-state index contributed by atoms with van der Waals surface area (Å²) < 4.78 is 42.3. The maximum absolute atomic E-state index is 13.9. The second-order valence-corrected chi connectivity index (χ2v) is 6.70. The molecule has 0 fully saturated rings. The number of halogens is 5. The number of aromatic carboxylic acids is 1. The molecule has 140 valence electrons. The lowest BCUT2D eigenvalue weighted by atomic mass is 10.0. The smallest absolute Gasteiger partial charge is 0.432 e. The van der Waals surface area contributed by atoms with E-state index < -0.39 is 23.5 Å². The topological polar surface area (TPSA) is 42.2 Å². The third kappa shape index (κ3) is 3.55. The molecule has 3 rings (SSSR count). The van der Waals surface area contributed by atoms with Gasteiger partial charge in [-0.1, -0.05) is 41.4 Å². The van der Waals surface area contributed by atoms with Gasteiger partial charge < -0.3 is 5.11 Å². The van der Waals surface area contributed by atoms with Crippen LogP contribution in [0, 0.1) is 6.92 Å². The van der Waals surface area contributed by atoms with Crippen LogP contribution in [0.5, 0.6) is 0 Å². The fourth-order valence-electron chi connectivity index (χ4n) is 3.07. The molecule has 3 aromatic rings. The number of rotatable bonds is 3. The molecule has 0 saturated heterocycles. The summed E-state index contributed by atoms with van der Waals surface area (Å²) in [5, 5.41) is 10.3. The van der Waals surface area contributed by atoms with Crippen molar-refractivity contribution in [2.45, 2.75) is 13.1 Å². The SMILES string of the molecule is Cc1c(-c2ccc(Cl)cc2)c(C(=O)O)n(-c2cccc(Cl)c2)c1C(F)(F)F. The summed E-state index contributed by atoms with van der Waals surface area (Å²) in [6, 6.07) is 11.6. The predicted octanol–water partition coefficient (Wildman–Crippen LogP) is 6.48. The minimum Gasteiger partial charge on any atom is -0.477 e. The molecule has 8 heteroatoms. The van der Waals surface area contributed by atoms with Crippen LogP contribution < -0.4 is 0 Å². The van der Waals surface area contributed by atoms with Crippen molar-refractivity contribution in [3.8, 4) is 16.8 Å². The molecule has 2 aromatic carbocycles. The van der Waals surface area contributed by atoms with Crippen LogP contribution >= 0.6 is 23.2 Å². The van der Waals surface area contributed by atoms with Crippen LogP contribution in [0.3, 0.4) is 0 Å². The Morgan fingerprint density at radius 3 is 2.19 bits per heavy atom. The molecule has 0 spiro atoms. The van der Waals surface area contributed by atoms with Crippen molar-refractivity contribution in [1.29, 1.82) is 0 Å². The molecule has 0 bridgehead atoms. The van der Waals surface area contributed by atoms with Crippen molar-refractivity contribution < 1.29 is 23.1 Å². The molecular weight excluding hydrogens is 402 g/mol. The Morgan fingerprint density at radius 1 is 1.04 bits per heavy atom.